The van der Waals surface area contributed by atoms with Crippen LogP contribution >= 0.6 is 0 Å². The summed E-state index contributed by atoms with van der Waals surface area (Å²) in [4.78, 5) is 4.60. The zero-order valence-corrected chi connectivity index (χ0v) is 10.3. The molecule has 0 aliphatic heterocycles. The van der Waals surface area contributed by atoms with Crippen molar-refractivity contribution in [2.75, 3.05) is 6.54 Å². The summed E-state index contributed by atoms with van der Waals surface area (Å²) in [5.41, 5.74) is 8.57. The van der Waals surface area contributed by atoms with E-state index in [0.717, 1.165) is 6.54 Å². The molecule has 2 nitrogen and oxygen atoms in total. The average molecular weight is 218 g/mol. The van der Waals surface area contributed by atoms with Crippen LogP contribution in [0.15, 0.2) is 18.3 Å². The van der Waals surface area contributed by atoms with Gasteiger partial charge in [0.2, 0.25) is 0 Å². The Balaban J connectivity index is 2.24. The van der Waals surface area contributed by atoms with Gasteiger partial charge in [0.1, 0.15) is 0 Å². The van der Waals surface area contributed by atoms with Crippen LogP contribution in [-0.4, -0.2) is 11.5 Å². The Morgan fingerprint density at radius 1 is 1.50 bits per heavy atom. The van der Waals surface area contributed by atoms with Crippen LogP contribution in [0.2, 0.25) is 0 Å². The Morgan fingerprint density at radius 3 is 3.06 bits per heavy atom. The summed E-state index contributed by atoms with van der Waals surface area (Å²) in [6.45, 7) is 5.35. The maximum Gasteiger partial charge on any atom is 0.0469 e. The van der Waals surface area contributed by atoms with Crippen molar-refractivity contribution in [1.29, 1.82) is 0 Å². The highest BCUT2D eigenvalue weighted by Gasteiger charge is 2.28. The van der Waals surface area contributed by atoms with Crippen molar-refractivity contribution >= 4 is 0 Å². The Labute approximate surface area is 98.3 Å². The quantitative estimate of drug-likeness (QED) is 0.847. The molecule has 1 heterocycles. The third kappa shape index (κ3) is 2.12. The molecule has 1 aromatic heterocycles. The molecule has 0 bridgehead atoms. The first-order valence-electron chi connectivity index (χ1n) is 6.38. The van der Waals surface area contributed by atoms with Crippen molar-refractivity contribution in [2.45, 2.75) is 39.0 Å². The lowest BCUT2D eigenvalue weighted by molar-refractivity contribution is 0.300. The average Bonchev–Trinajstić information content (AvgIpc) is 2.36. The van der Waals surface area contributed by atoms with Gasteiger partial charge in [-0.25, -0.2) is 0 Å². The largest absolute Gasteiger partial charge is 0.330 e. The van der Waals surface area contributed by atoms with Gasteiger partial charge >= 0.3 is 0 Å². The summed E-state index contributed by atoms with van der Waals surface area (Å²) >= 11 is 0. The van der Waals surface area contributed by atoms with Gasteiger partial charge in [-0.15, -0.1) is 0 Å². The minimum Gasteiger partial charge on any atom is -0.330 e. The van der Waals surface area contributed by atoms with Crippen LogP contribution in [-0.2, 0) is 6.42 Å². The zero-order chi connectivity index (χ0) is 11.5. The van der Waals surface area contributed by atoms with Gasteiger partial charge in [-0.2, -0.15) is 0 Å². The van der Waals surface area contributed by atoms with Crippen LogP contribution in [0.25, 0.3) is 0 Å². The molecule has 0 radical (unpaired) electrons. The van der Waals surface area contributed by atoms with Crippen molar-refractivity contribution in [2.24, 2.45) is 17.6 Å². The van der Waals surface area contributed by atoms with E-state index in [4.69, 9.17) is 5.73 Å². The van der Waals surface area contributed by atoms with Crippen LogP contribution in [0.5, 0.6) is 0 Å². The molecule has 1 aliphatic carbocycles. The van der Waals surface area contributed by atoms with Crippen LogP contribution in [0.4, 0.5) is 0 Å². The number of pyridine rings is 1. The maximum absolute atomic E-state index is 5.78. The van der Waals surface area contributed by atoms with E-state index in [2.05, 4.69) is 31.0 Å². The van der Waals surface area contributed by atoms with Gasteiger partial charge in [-0.3, -0.25) is 4.98 Å². The number of aryl methyl sites for hydroxylation is 1. The molecule has 0 saturated carbocycles. The first-order valence-corrected chi connectivity index (χ1v) is 6.38. The van der Waals surface area contributed by atoms with E-state index in [1.54, 1.807) is 0 Å². The summed E-state index contributed by atoms with van der Waals surface area (Å²) in [5.74, 6) is 1.83. The van der Waals surface area contributed by atoms with E-state index in [0.29, 0.717) is 17.8 Å². The summed E-state index contributed by atoms with van der Waals surface area (Å²) in [6, 6.07) is 4.28. The van der Waals surface area contributed by atoms with Gasteiger partial charge < -0.3 is 5.73 Å². The van der Waals surface area contributed by atoms with Crippen molar-refractivity contribution in [3.8, 4) is 0 Å². The predicted molar refractivity (Wildman–Crippen MR) is 67.3 cm³/mol. The van der Waals surface area contributed by atoms with Crippen molar-refractivity contribution < 1.29 is 0 Å². The van der Waals surface area contributed by atoms with Gasteiger partial charge in [-0.05, 0) is 49.3 Å². The second-order valence-corrected chi connectivity index (χ2v) is 5.12. The van der Waals surface area contributed by atoms with E-state index in [-0.39, 0.29) is 0 Å². The van der Waals surface area contributed by atoms with E-state index < -0.39 is 0 Å². The molecule has 2 N–H and O–H groups in total. The second-order valence-electron chi connectivity index (χ2n) is 5.12. The number of aromatic nitrogens is 1. The van der Waals surface area contributed by atoms with Crippen molar-refractivity contribution in [3.63, 3.8) is 0 Å². The third-order valence-electron chi connectivity index (χ3n) is 4.14. The topological polar surface area (TPSA) is 38.9 Å². The number of rotatable bonds is 3. The smallest absolute Gasteiger partial charge is 0.0469 e. The van der Waals surface area contributed by atoms with Gasteiger partial charge in [0.05, 0.1) is 0 Å². The van der Waals surface area contributed by atoms with Gasteiger partial charge in [0.15, 0.2) is 0 Å². The molecule has 1 aliphatic rings. The van der Waals surface area contributed by atoms with E-state index >= 15 is 0 Å². The molecule has 3 atom stereocenters. The second kappa shape index (κ2) is 4.96. The highest BCUT2D eigenvalue weighted by atomic mass is 14.7. The lowest BCUT2D eigenvalue weighted by Gasteiger charge is -2.32. The molecule has 0 saturated heterocycles. The van der Waals surface area contributed by atoms with E-state index in [1.165, 1.54) is 30.5 Å². The molecule has 1 aromatic rings. The van der Waals surface area contributed by atoms with E-state index in [9.17, 15) is 0 Å². The highest BCUT2D eigenvalue weighted by molar-refractivity contribution is 5.26. The lowest BCUT2D eigenvalue weighted by Crippen LogP contribution is -2.27. The minimum absolute atomic E-state index is 0.581. The van der Waals surface area contributed by atoms with Crippen LogP contribution in [0, 0.1) is 11.8 Å². The predicted octanol–water partition coefficient (Wildman–Crippen LogP) is 2.73. The Hall–Kier alpha value is -0.890. The van der Waals surface area contributed by atoms with Crippen LogP contribution < -0.4 is 5.73 Å². The molecule has 0 aromatic carbocycles. The first-order chi connectivity index (χ1) is 7.74. The van der Waals surface area contributed by atoms with E-state index in [1.807, 2.05) is 6.20 Å². The first kappa shape index (κ1) is 11.6. The van der Waals surface area contributed by atoms with Crippen LogP contribution in [0.1, 0.15) is 43.9 Å². The van der Waals surface area contributed by atoms with Crippen molar-refractivity contribution in [3.05, 3.63) is 29.6 Å². The number of nitrogens with two attached hydrogens (primary N) is 1. The standard InChI is InChI=1S/C14H22N2/c1-10(9-15)11(2)13-7-3-5-12-6-4-8-16-14(12)13/h4,6,8,10-11,13H,3,5,7,9,15H2,1-2H3. The van der Waals surface area contributed by atoms with Crippen molar-refractivity contribution in [1.82, 2.24) is 4.98 Å². The SMILES string of the molecule is CC(CN)C(C)C1CCCc2cccnc21. The Bertz CT molecular complexity index is 348. The molecular weight excluding hydrogens is 196 g/mol. The summed E-state index contributed by atoms with van der Waals surface area (Å²) in [6.07, 6.45) is 5.70. The van der Waals surface area contributed by atoms with Gasteiger partial charge in [-0.1, -0.05) is 19.9 Å². The molecular formula is C14H22N2. The number of nitrogens with zero attached hydrogens (tertiary/aromatic N) is 1. The number of hydrogen-bond acceptors (Lipinski definition) is 2. The molecule has 2 rings (SSSR count). The fraction of sp³-hybridized carbons (Fsp3) is 0.643. The fourth-order valence-corrected chi connectivity index (χ4v) is 2.77. The minimum atomic E-state index is 0.581. The molecule has 3 unspecified atom stereocenters. The third-order valence-corrected chi connectivity index (χ3v) is 4.14. The van der Waals surface area contributed by atoms with Crippen LogP contribution in [0.3, 0.4) is 0 Å². The summed E-state index contributed by atoms with van der Waals surface area (Å²) in [5, 5.41) is 0. The monoisotopic (exact) mass is 218 g/mol. The summed E-state index contributed by atoms with van der Waals surface area (Å²) < 4.78 is 0. The Kier molecular flexibility index (Phi) is 3.59. The zero-order valence-electron chi connectivity index (χ0n) is 10.3. The fourth-order valence-electron chi connectivity index (χ4n) is 2.77. The van der Waals surface area contributed by atoms with Gasteiger partial charge in [0, 0.05) is 17.8 Å². The number of hydrogen-bond donors (Lipinski definition) is 1. The lowest BCUT2D eigenvalue weighted by atomic mass is 9.74. The molecule has 0 amide bonds. The highest BCUT2D eigenvalue weighted by Crippen LogP contribution is 2.38. The molecule has 0 fully saturated rings. The summed E-state index contributed by atoms with van der Waals surface area (Å²) in [7, 11) is 0. The Morgan fingerprint density at radius 2 is 2.31 bits per heavy atom. The maximum atomic E-state index is 5.78. The normalized spacial score (nSPS) is 23.6. The molecule has 16 heavy (non-hydrogen) atoms. The number of fused-ring (bicyclic) bond motifs is 1. The van der Waals surface area contributed by atoms with Gasteiger partial charge in [0.25, 0.3) is 0 Å². The molecule has 2 heteroatoms. The molecule has 0 spiro atoms. The molecule has 88 valence electrons.